The summed E-state index contributed by atoms with van der Waals surface area (Å²) in [5.41, 5.74) is 5.43. The number of hydrogen-bond acceptors (Lipinski definition) is 3. The zero-order chi connectivity index (χ0) is 11.2. The third-order valence-electron chi connectivity index (χ3n) is 1.71. The van der Waals surface area contributed by atoms with Gasteiger partial charge in [-0.1, -0.05) is 0 Å². The number of carbonyl (C=O) groups excluding carboxylic acids is 1. The van der Waals surface area contributed by atoms with Gasteiger partial charge < -0.3 is 11.1 Å². The average Bonchev–Trinajstić information content (AvgIpc) is 1.99. The minimum Gasteiger partial charge on any atom is -0.355 e. The fourth-order valence-electron chi connectivity index (χ4n) is 0.858. The molecule has 1 unspecified atom stereocenters. The van der Waals surface area contributed by atoms with Crippen LogP contribution in [0.2, 0.25) is 0 Å². The molecule has 0 aromatic heterocycles. The molecule has 0 bridgehead atoms. The van der Waals surface area contributed by atoms with Crippen molar-refractivity contribution in [1.29, 1.82) is 0 Å². The summed E-state index contributed by atoms with van der Waals surface area (Å²) in [7, 11) is -0.842. The molecule has 0 aliphatic heterocycles. The monoisotopic (exact) mass is 220 g/mol. The van der Waals surface area contributed by atoms with E-state index in [2.05, 4.69) is 5.32 Å². The maximum Gasteiger partial charge on any atom is 0.220 e. The lowest BCUT2D eigenvalue weighted by molar-refractivity contribution is -0.121. The van der Waals surface area contributed by atoms with Crippen LogP contribution in [0, 0.1) is 0 Å². The highest BCUT2D eigenvalue weighted by atomic mass is 32.2. The van der Waals surface area contributed by atoms with E-state index in [4.69, 9.17) is 5.73 Å². The molecule has 0 radical (unpaired) electrons. The largest absolute Gasteiger partial charge is 0.355 e. The summed E-state index contributed by atoms with van der Waals surface area (Å²) in [4.78, 5) is 11.2. The fourth-order valence-corrected chi connectivity index (χ4v) is 1.25. The van der Waals surface area contributed by atoms with Crippen LogP contribution in [-0.2, 0) is 15.6 Å². The van der Waals surface area contributed by atoms with Crippen molar-refractivity contribution >= 4 is 16.7 Å². The maximum absolute atomic E-state index is 11.2. The van der Waals surface area contributed by atoms with Crippen LogP contribution in [0.1, 0.15) is 26.7 Å². The smallest absolute Gasteiger partial charge is 0.220 e. The van der Waals surface area contributed by atoms with Crippen LogP contribution in [0.5, 0.6) is 0 Å². The SMILES string of the molecule is CS(=O)CCNC(=O)CCC(C)(C)N. The molecule has 0 aromatic rings. The van der Waals surface area contributed by atoms with Crippen LogP contribution in [0.15, 0.2) is 0 Å². The van der Waals surface area contributed by atoms with Gasteiger partial charge >= 0.3 is 0 Å². The number of carbonyl (C=O) groups is 1. The molecule has 0 aliphatic carbocycles. The Hall–Kier alpha value is -0.420. The first-order chi connectivity index (χ1) is 6.31. The zero-order valence-corrected chi connectivity index (χ0v) is 9.95. The van der Waals surface area contributed by atoms with Crippen LogP contribution in [-0.4, -0.2) is 34.2 Å². The second kappa shape index (κ2) is 6.14. The highest BCUT2D eigenvalue weighted by Crippen LogP contribution is 2.06. The molecule has 5 heteroatoms. The standard InChI is InChI=1S/C9H20N2O2S/c1-9(2,10)5-4-8(12)11-6-7-14(3)13/h4-7,10H2,1-3H3,(H,11,12). The molecule has 0 saturated carbocycles. The summed E-state index contributed by atoms with van der Waals surface area (Å²) in [5.74, 6) is 0.492. The molecule has 84 valence electrons. The van der Waals surface area contributed by atoms with Crippen molar-refractivity contribution in [1.82, 2.24) is 5.32 Å². The van der Waals surface area contributed by atoms with Crippen LogP contribution < -0.4 is 11.1 Å². The molecule has 1 atom stereocenters. The molecule has 14 heavy (non-hydrogen) atoms. The first kappa shape index (κ1) is 13.6. The molecule has 0 saturated heterocycles. The third-order valence-corrected chi connectivity index (χ3v) is 2.49. The Morgan fingerprint density at radius 3 is 2.50 bits per heavy atom. The molecule has 0 fully saturated rings. The van der Waals surface area contributed by atoms with Crippen molar-refractivity contribution in [2.24, 2.45) is 5.73 Å². The van der Waals surface area contributed by atoms with E-state index < -0.39 is 10.8 Å². The zero-order valence-electron chi connectivity index (χ0n) is 9.13. The summed E-state index contributed by atoms with van der Waals surface area (Å²) < 4.78 is 10.7. The minimum atomic E-state index is -0.842. The van der Waals surface area contributed by atoms with Crippen LogP contribution in [0.25, 0.3) is 0 Å². The molecule has 0 rings (SSSR count). The van der Waals surface area contributed by atoms with Gasteiger partial charge in [0.1, 0.15) is 0 Å². The van der Waals surface area contributed by atoms with Gasteiger partial charge in [-0.15, -0.1) is 0 Å². The van der Waals surface area contributed by atoms with Gasteiger partial charge in [0.05, 0.1) is 0 Å². The Morgan fingerprint density at radius 1 is 1.50 bits per heavy atom. The van der Waals surface area contributed by atoms with Gasteiger partial charge in [-0.2, -0.15) is 0 Å². The predicted octanol–water partition coefficient (Wildman–Crippen LogP) is -0.00140. The lowest BCUT2D eigenvalue weighted by Gasteiger charge is -2.17. The van der Waals surface area contributed by atoms with Gasteiger partial charge in [-0.25, -0.2) is 0 Å². The number of amides is 1. The number of rotatable bonds is 6. The maximum atomic E-state index is 11.2. The molecule has 0 heterocycles. The third kappa shape index (κ3) is 9.67. The summed E-state index contributed by atoms with van der Waals surface area (Å²) >= 11 is 0. The van der Waals surface area contributed by atoms with Gasteiger partial charge in [0.2, 0.25) is 5.91 Å². The number of nitrogens with two attached hydrogens (primary N) is 1. The molecule has 4 nitrogen and oxygen atoms in total. The average molecular weight is 220 g/mol. The van der Waals surface area contributed by atoms with Crippen LogP contribution >= 0.6 is 0 Å². The lowest BCUT2D eigenvalue weighted by Crippen LogP contribution is -2.35. The first-order valence-corrected chi connectivity index (χ1v) is 6.39. The van der Waals surface area contributed by atoms with E-state index in [9.17, 15) is 9.00 Å². The highest BCUT2D eigenvalue weighted by Gasteiger charge is 2.12. The Kier molecular flexibility index (Phi) is 5.95. The summed E-state index contributed by atoms with van der Waals surface area (Å²) in [6.45, 7) is 4.26. The van der Waals surface area contributed by atoms with Crippen molar-refractivity contribution < 1.29 is 9.00 Å². The van der Waals surface area contributed by atoms with Gasteiger partial charge in [0, 0.05) is 41.3 Å². The highest BCUT2D eigenvalue weighted by molar-refractivity contribution is 7.84. The van der Waals surface area contributed by atoms with Crippen molar-refractivity contribution in [2.45, 2.75) is 32.2 Å². The summed E-state index contributed by atoms with van der Waals surface area (Å²) in [5, 5.41) is 2.70. The van der Waals surface area contributed by atoms with Crippen LogP contribution in [0.4, 0.5) is 0 Å². The van der Waals surface area contributed by atoms with E-state index in [1.165, 1.54) is 0 Å². The van der Waals surface area contributed by atoms with Gasteiger partial charge in [-0.3, -0.25) is 9.00 Å². The first-order valence-electron chi connectivity index (χ1n) is 4.67. The minimum absolute atomic E-state index is 0.0195. The van der Waals surface area contributed by atoms with Crippen molar-refractivity contribution in [3.63, 3.8) is 0 Å². The number of hydrogen-bond donors (Lipinski definition) is 2. The van der Waals surface area contributed by atoms with E-state index >= 15 is 0 Å². The topological polar surface area (TPSA) is 72.2 Å². The predicted molar refractivity (Wildman–Crippen MR) is 59.4 cm³/mol. The summed E-state index contributed by atoms with van der Waals surface area (Å²) in [6.07, 6.45) is 2.71. The quantitative estimate of drug-likeness (QED) is 0.662. The van der Waals surface area contributed by atoms with Crippen molar-refractivity contribution in [3.05, 3.63) is 0 Å². The van der Waals surface area contributed by atoms with Crippen molar-refractivity contribution in [3.8, 4) is 0 Å². The molecule has 1 amide bonds. The van der Waals surface area contributed by atoms with E-state index in [1.54, 1.807) is 6.26 Å². The van der Waals surface area contributed by atoms with Crippen molar-refractivity contribution in [2.75, 3.05) is 18.6 Å². The van der Waals surface area contributed by atoms with E-state index in [-0.39, 0.29) is 11.4 Å². The second-order valence-electron chi connectivity index (χ2n) is 4.12. The van der Waals surface area contributed by atoms with E-state index in [0.29, 0.717) is 25.1 Å². The lowest BCUT2D eigenvalue weighted by atomic mass is 10.00. The van der Waals surface area contributed by atoms with E-state index in [0.717, 1.165) is 0 Å². The van der Waals surface area contributed by atoms with Gasteiger partial charge in [0.15, 0.2) is 0 Å². The Labute approximate surface area is 88.1 Å². The summed E-state index contributed by atoms with van der Waals surface area (Å²) in [6, 6.07) is 0. The molecule has 0 aromatic carbocycles. The molecular formula is C9H20N2O2S. The Bertz CT molecular complexity index is 211. The molecule has 3 N–H and O–H groups in total. The van der Waals surface area contributed by atoms with Gasteiger partial charge in [0.25, 0.3) is 0 Å². The van der Waals surface area contributed by atoms with E-state index in [1.807, 2.05) is 13.8 Å². The van der Waals surface area contributed by atoms with Crippen LogP contribution in [0.3, 0.4) is 0 Å². The number of nitrogens with one attached hydrogen (secondary N) is 1. The Balaban J connectivity index is 3.52. The normalized spacial score (nSPS) is 13.7. The second-order valence-corrected chi connectivity index (χ2v) is 5.67. The molecular weight excluding hydrogens is 200 g/mol. The van der Waals surface area contributed by atoms with Gasteiger partial charge in [-0.05, 0) is 20.3 Å². The molecule has 0 spiro atoms. The Morgan fingerprint density at radius 2 is 2.07 bits per heavy atom. The fraction of sp³-hybridized carbons (Fsp3) is 0.889. The molecule has 0 aliphatic rings.